The molecular formula is C21H19NO3S2. The summed E-state index contributed by atoms with van der Waals surface area (Å²) in [5, 5.41) is 14.4. The minimum atomic E-state index is -0.818. The van der Waals surface area contributed by atoms with Gasteiger partial charge in [-0.15, -0.1) is 11.3 Å². The number of rotatable bonds is 4. The Morgan fingerprint density at radius 1 is 1.22 bits per heavy atom. The summed E-state index contributed by atoms with van der Waals surface area (Å²) < 4.78 is 12.0. The summed E-state index contributed by atoms with van der Waals surface area (Å²) in [5.74, 6) is 0.830. The van der Waals surface area contributed by atoms with Crippen molar-refractivity contribution >= 4 is 43.5 Å². The molecule has 2 heterocycles. The number of nitrogens with one attached hydrogen (secondary N) is 1. The van der Waals surface area contributed by atoms with Crippen molar-refractivity contribution in [3.8, 4) is 16.9 Å². The lowest BCUT2D eigenvalue weighted by Gasteiger charge is -2.13. The van der Waals surface area contributed by atoms with Crippen LogP contribution in [0, 0.1) is 6.92 Å². The summed E-state index contributed by atoms with van der Waals surface area (Å²) >= 11 is 0.584. The number of aryl methyl sites for hydroxylation is 2. The molecule has 0 bridgehead atoms. The second-order valence-electron chi connectivity index (χ2n) is 6.68. The summed E-state index contributed by atoms with van der Waals surface area (Å²) in [6.45, 7) is 1.88. The predicted octanol–water partition coefficient (Wildman–Crippen LogP) is 4.34. The molecule has 2 aromatic heterocycles. The number of aromatic nitrogens is 1. The highest BCUT2D eigenvalue weighted by Gasteiger charge is 2.17. The van der Waals surface area contributed by atoms with Gasteiger partial charge < -0.3 is 14.6 Å². The zero-order valence-electron chi connectivity index (χ0n) is 15.0. The van der Waals surface area contributed by atoms with E-state index >= 15 is 0 Å². The highest BCUT2D eigenvalue weighted by molar-refractivity contribution is 7.90. The zero-order chi connectivity index (χ0) is 19.1. The fourth-order valence-corrected chi connectivity index (χ4v) is 4.79. The van der Waals surface area contributed by atoms with Crippen molar-refractivity contribution < 1.29 is 9.66 Å². The Morgan fingerprint density at radius 2 is 1.96 bits per heavy atom. The van der Waals surface area contributed by atoms with E-state index in [4.69, 9.17) is 0 Å². The van der Waals surface area contributed by atoms with Gasteiger partial charge in [-0.25, -0.2) is 0 Å². The van der Waals surface area contributed by atoms with Crippen LogP contribution in [-0.2, 0) is 17.6 Å². The Labute approximate surface area is 163 Å². The lowest BCUT2D eigenvalue weighted by Crippen LogP contribution is -2.06. The van der Waals surface area contributed by atoms with Gasteiger partial charge in [0.15, 0.2) is 0 Å². The van der Waals surface area contributed by atoms with Crippen molar-refractivity contribution in [2.24, 2.45) is 0 Å². The van der Waals surface area contributed by atoms with Crippen molar-refractivity contribution in [1.82, 2.24) is 4.98 Å². The first-order chi connectivity index (χ1) is 13.0. The third-order valence-electron chi connectivity index (χ3n) is 4.80. The van der Waals surface area contributed by atoms with Crippen LogP contribution in [0.2, 0.25) is 0 Å². The SMILES string of the molecule is Cc1cc(O)c(-c2ccc(CC[S+](C)[O-])cc2)c2c1[nH]c(=O)c1sccc12. The molecule has 4 rings (SSSR count). The quantitative estimate of drug-likeness (QED) is 0.503. The molecule has 0 aliphatic rings. The van der Waals surface area contributed by atoms with Gasteiger partial charge in [-0.2, -0.15) is 0 Å². The fourth-order valence-electron chi connectivity index (χ4n) is 3.47. The van der Waals surface area contributed by atoms with Crippen LogP contribution in [0.3, 0.4) is 0 Å². The molecule has 0 aliphatic carbocycles. The largest absolute Gasteiger partial charge is 0.617 e. The third-order valence-corrected chi connectivity index (χ3v) is 6.50. The molecule has 0 spiro atoms. The molecule has 6 heteroatoms. The third kappa shape index (κ3) is 3.25. The van der Waals surface area contributed by atoms with Crippen molar-refractivity contribution in [1.29, 1.82) is 0 Å². The number of aromatic hydroxyl groups is 1. The van der Waals surface area contributed by atoms with E-state index in [0.29, 0.717) is 10.5 Å². The standard InChI is InChI=1S/C21H19NO3S2/c1-12-11-16(23)17(14-5-3-13(4-6-14)8-10-27(2)25)18-15-7-9-26-20(15)21(24)22-19(12)18/h3-7,9,11,23H,8,10H2,1-2H3,(H,22,24). The molecule has 4 aromatic rings. The molecular weight excluding hydrogens is 378 g/mol. The fraction of sp³-hybridized carbons (Fsp3) is 0.190. The Hall–Kier alpha value is -2.28. The van der Waals surface area contributed by atoms with Gasteiger partial charge in [0.25, 0.3) is 5.56 Å². The van der Waals surface area contributed by atoms with Crippen LogP contribution in [0.5, 0.6) is 5.75 Å². The Morgan fingerprint density at radius 3 is 2.67 bits per heavy atom. The number of phenolic OH excluding ortho intramolecular Hbond substituents is 1. The second kappa shape index (κ2) is 7.03. The zero-order valence-corrected chi connectivity index (χ0v) is 16.7. The number of pyridine rings is 1. The van der Waals surface area contributed by atoms with E-state index in [1.54, 1.807) is 12.3 Å². The van der Waals surface area contributed by atoms with Gasteiger partial charge in [0.2, 0.25) is 0 Å². The number of H-pyrrole nitrogens is 1. The molecule has 27 heavy (non-hydrogen) atoms. The summed E-state index contributed by atoms with van der Waals surface area (Å²) in [4.78, 5) is 15.4. The smallest absolute Gasteiger partial charge is 0.266 e. The van der Waals surface area contributed by atoms with Gasteiger partial charge >= 0.3 is 0 Å². The number of hydrogen-bond acceptors (Lipinski definition) is 4. The summed E-state index contributed by atoms with van der Waals surface area (Å²) in [6, 6.07) is 11.6. The molecule has 138 valence electrons. The Kier molecular flexibility index (Phi) is 4.72. The van der Waals surface area contributed by atoms with E-state index in [1.165, 1.54) is 11.3 Å². The highest BCUT2D eigenvalue weighted by Crippen LogP contribution is 2.41. The summed E-state index contributed by atoms with van der Waals surface area (Å²) in [7, 11) is 0. The Balaban J connectivity index is 1.94. The molecule has 1 unspecified atom stereocenters. The molecule has 2 aromatic carbocycles. The lowest BCUT2D eigenvalue weighted by atomic mass is 9.94. The molecule has 0 aliphatic heterocycles. The van der Waals surface area contributed by atoms with E-state index in [1.807, 2.05) is 42.6 Å². The van der Waals surface area contributed by atoms with E-state index in [9.17, 15) is 14.5 Å². The Bertz CT molecular complexity index is 1190. The monoisotopic (exact) mass is 397 g/mol. The van der Waals surface area contributed by atoms with Crippen LogP contribution in [0.15, 0.2) is 46.6 Å². The van der Waals surface area contributed by atoms with E-state index < -0.39 is 11.2 Å². The van der Waals surface area contributed by atoms with Crippen molar-refractivity contribution in [3.63, 3.8) is 0 Å². The first kappa shape index (κ1) is 18.1. The molecule has 0 radical (unpaired) electrons. The molecule has 4 nitrogen and oxygen atoms in total. The lowest BCUT2D eigenvalue weighted by molar-refractivity contribution is 0.477. The van der Waals surface area contributed by atoms with Gasteiger partial charge in [0, 0.05) is 22.8 Å². The first-order valence-electron chi connectivity index (χ1n) is 8.61. The van der Waals surface area contributed by atoms with Crippen LogP contribution in [0.1, 0.15) is 11.1 Å². The topological polar surface area (TPSA) is 76.2 Å². The average molecular weight is 398 g/mol. The minimum absolute atomic E-state index is 0.102. The predicted molar refractivity (Wildman–Crippen MR) is 114 cm³/mol. The maximum atomic E-state index is 12.4. The van der Waals surface area contributed by atoms with Crippen LogP contribution in [-0.4, -0.2) is 26.7 Å². The van der Waals surface area contributed by atoms with Crippen LogP contribution in [0.4, 0.5) is 0 Å². The number of benzene rings is 2. The summed E-state index contributed by atoms with van der Waals surface area (Å²) in [6.07, 6.45) is 2.46. The number of thiophene rings is 1. The second-order valence-corrected chi connectivity index (χ2v) is 9.15. The van der Waals surface area contributed by atoms with Gasteiger partial charge in [0.1, 0.15) is 16.2 Å². The molecule has 0 saturated heterocycles. The number of fused-ring (bicyclic) bond motifs is 3. The van der Waals surface area contributed by atoms with E-state index in [0.717, 1.165) is 45.0 Å². The van der Waals surface area contributed by atoms with Crippen LogP contribution >= 0.6 is 11.3 Å². The maximum absolute atomic E-state index is 12.4. The normalized spacial score (nSPS) is 12.7. The van der Waals surface area contributed by atoms with Gasteiger partial charge in [-0.1, -0.05) is 35.4 Å². The molecule has 0 amide bonds. The molecule has 0 fully saturated rings. The van der Waals surface area contributed by atoms with Crippen molar-refractivity contribution in [2.75, 3.05) is 12.0 Å². The van der Waals surface area contributed by atoms with E-state index in [2.05, 4.69) is 4.98 Å². The first-order valence-corrected chi connectivity index (χ1v) is 11.2. The highest BCUT2D eigenvalue weighted by atomic mass is 32.2. The number of aromatic amines is 1. The van der Waals surface area contributed by atoms with Gasteiger partial charge in [-0.3, -0.25) is 4.79 Å². The molecule has 1 atom stereocenters. The maximum Gasteiger partial charge on any atom is 0.266 e. The average Bonchev–Trinajstić information content (AvgIpc) is 3.12. The molecule has 2 N–H and O–H groups in total. The van der Waals surface area contributed by atoms with Crippen LogP contribution < -0.4 is 5.56 Å². The summed E-state index contributed by atoms with van der Waals surface area (Å²) in [5.41, 5.74) is 4.20. The van der Waals surface area contributed by atoms with Crippen molar-refractivity contribution in [3.05, 3.63) is 63.3 Å². The van der Waals surface area contributed by atoms with Crippen LogP contribution in [0.25, 0.3) is 32.1 Å². The van der Waals surface area contributed by atoms with Gasteiger partial charge in [0.05, 0.1) is 11.8 Å². The van der Waals surface area contributed by atoms with Gasteiger partial charge in [-0.05, 0) is 41.1 Å². The van der Waals surface area contributed by atoms with Crippen molar-refractivity contribution in [2.45, 2.75) is 13.3 Å². The molecule has 0 saturated carbocycles. The number of hydrogen-bond donors (Lipinski definition) is 2. The van der Waals surface area contributed by atoms with E-state index in [-0.39, 0.29) is 11.3 Å². The number of phenols is 1. The minimum Gasteiger partial charge on any atom is -0.617 e.